The van der Waals surface area contributed by atoms with Crippen molar-refractivity contribution in [2.24, 2.45) is 0 Å². The first-order chi connectivity index (χ1) is 5.27. The van der Waals surface area contributed by atoms with E-state index < -0.39 is 0 Å². The van der Waals surface area contributed by atoms with Crippen LogP contribution in [0.2, 0.25) is 0 Å². The Bertz CT molecular complexity index is 248. The number of aryl methyl sites for hydroxylation is 2. The summed E-state index contributed by atoms with van der Waals surface area (Å²) >= 11 is 0. The molecule has 3 heteroatoms. The Kier molecular flexibility index (Phi) is 2.54. The van der Waals surface area contributed by atoms with Gasteiger partial charge in [-0.15, -0.1) is 0 Å². The van der Waals surface area contributed by atoms with Crippen molar-refractivity contribution in [1.82, 2.24) is 9.97 Å². The minimum atomic E-state index is 0.0236. The van der Waals surface area contributed by atoms with Gasteiger partial charge in [0.25, 0.3) is 0 Å². The molecule has 0 aliphatic carbocycles. The minimum Gasteiger partial charge on any atom is -0.392 e. The molecule has 1 rings (SSSR count). The van der Waals surface area contributed by atoms with Crippen molar-refractivity contribution in [3.63, 3.8) is 0 Å². The highest BCUT2D eigenvalue weighted by molar-refractivity contribution is 5.14. The maximum atomic E-state index is 8.80. The van der Waals surface area contributed by atoms with Crippen LogP contribution in [0.1, 0.15) is 24.0 Å². The highest BCUT2D eigenvalue weighted by atomic mass is 16.3. The summed E-state index contributed by atoms with van der Waals surface area (Å²) in [5.41, 5.74) is 1.68. The average Bonchev–Trinajstić information content (AvgIpc) is 2.04. The molecule has 3 nitrogen and oxygen atoms in total. The van der Waals surface area contributed by atoms with Crippen molar-refractivity contribution in [3.05, 3.63) is 23.3 Å². The molecule has 60 valence electrons. The SMILES string of the molecule is CCc1ncc(CO)c(C)n1. The molecule has 0 atom stereocenters. The highest BCUT2D eigenvalue weighted by Crippen LogP contribution is 2.03. The molecule has 0 saturated carbocycles. The van der Waals surface area contributed by atoms with Crippen LogP contribution in [-0.4, -0.2) is 15.1 Å². The second-order valence-corrected chi connectivity index (χ2v) is 2.41. The first-order valence-electron chi connectivity index (χ1n) is 3.70. The Morgan fingerprint density at radius 2 is 2.27 bits per heavy atom. The van der Waals surface area contributed by atoms with E-state index in [0.29, 0.717) is 0 Å². The Morgan fingerprint density at radius 3 is 2.73 bits per heavy atom. The van der Waals surface area contributed by atoms with Crippen molar-refractivity contribution >= 4 is 0 Å². The number of nitrogens with zero attached hydrogens (tertiary/aromatic N) is 2. The Hall–Kier alpha value is -0.960. The van der Waals surface area contributed by atoms with E-state index in [1.54, 1.807) is 6.20 Å². The number of aliphatic hydroxyl groups excluding tert-OH is 1. The molecule has 0 unspecified atom stereocenters. The van der Waals surface area contributed by atoms with Crippen molar-refractivity contribution in [2.45, 2.75) is 26.9 Å². The maximum Gasteiger partial charge on any atom is 0.128 e. The molecule has 0 aliphatic heterocycles. The summed E-state index contributed by atoms with van der Waals surface area (Å²) in [6.45, 7) is 3.91. The van der Waals surface area contributed by atoms with E-state index in [2.05, 4.69) is 9.97 Å². The summed E-state index contributed by atoms with van der Waals surface area (Å²) in [4.78, 5) is 8.25. The smallest absolute Gasteiger partial charge is 0.128 e. The zero-order valence-electron chi connectivity index (χ0n) is 6.83. The summed E-state index contributed by atoms with van der Waals surface area (Å²) in [6.07, 6.45) is 2.52. The molecule has 0 aromatic carbocycles. The van der Waals surface area contributed by atoms with E-state index in [4.69, 9.17) is 5.11 Å². The molecule has 1 aromatic heterocycles. The molecular weight excluding hydrogens is 140 g/mol. The van der Waals surface area contributed by atoms with Gasteiger partial charge in [-0.1, -0.05) is 6.92 Å². The Balaban J connectivity index is 2.99. The van der Waals surface area contributed by atoms with Gasteiger partial charge in [0.05, 0.1) is 6.61 Å². The van der Waals surface area contributed by atoms with Gasteiger partial charge in [0.1, 0.15) is 5.82 Å². The van der Waals surface area contributed by atoms with Crippen LogP contribution in [0.25, 0.3) is 0 Å². The minimum absolute atomic E-state index is 0.0236. The van der Waals surface area contributed by atoms with Gasteiger partial charge in [-0.3, -0.25) is 0 Å². The van der Waals surface area contributed by atoms with Gasteiger partial charge in [0.2, 0.25) is 0 Å². The number of hydrogen-bond donors (Lipinski definition) is 1. The van der Waals surface area contributed by atoms with E-state index in [1.807, 2.05) is 13.8 Å². The second-order valence-electron chi connectivity index (χ2n) is 2.41. The molecule has 0 aliphatic rings. The van der Waals surface area contributed by atoms with Crippen molar-refractivity contribution < 1.29 is 5.11 Å². The standard InChI is InChI=1S/C8H12N2O/c1-3-8-9-4-7(5-11)6(2)10-8/h4,11H,3,5H2,1-2H3. The fourth-order valence-corrected chi connectivity index (χ4v) is 0.866. The van der Waals surface area contributed by atoms with Gasteiger partial charge in [-0.25, -0.2) is 9.97 Å². The molecule has 0 saturated heterocycles. The lowest BCUT2D eigenvalue weighted by molar-refractivity contribution is 0.280. The highest BCUT2D eigenvalue weighted by Gasteiger charge is 1.99. The van der Waals surface area contributed by atoms with Crippen molar-refractivity contribution in [1.29, 1.82) is 0 Å². The van der Waals surface area contributed by atoms with Gasteiger partial charge in [0.15, 0.2) is 0 Å². The van der Waals surface area contributed by atoms with Crippen LogP contribution in [0.5, 0.6) is 0 Å². The molecule has 0 fully saturated rings. The fraction of sp³-hybridized carbons (Fsp3) is 0.500. The summed E-state index contributed by atoms with van der Waals surface area (Å²) < 4.78 is 0. The second kappa shape index (κ2) is 3.44. The van der Waals surface area contributed by atoms with Gasteiger partial charge in [-0.2, -0.15) is 0 Å². The first kappa shape index (κ1) is 8.14. The third-order valence-electron chi connectivity index (χ3n) is 1.62. The van der Waals surface area contributed by atoms with E-state index >= 15 is 0 Å². The van der Waals surface area contributed by atoms with E-state index in [0.717, 1.165) is 23.5 Å². The number of rotatable bonds is 2. The zero-order valence-corrected chi connectivity index (χ0v) is 6.83. The quantitative estimate of drug-likeness (QED) is 0.683. The molecule has 0 radical (unpaired) electrons. The third-order valence-corrected chi connectivity index (χ3v) is 1.62. The molecule has 1 heterocycles. The number of aromatic nitrogens is 2. The third kappa shape index (κ3) is 1.74. The Morgan fingerprint density at radius 1 is 1.55 bits per heavy atom. The maximum absolute atomic E-state index is 8.80. The molecule has 11 heavy (non-hydrogen) atoms. The monoisotopic (exact) mass is 152 g/mol. The summed E-state index contributed by atoms with van der Waals surface area (Å²) in [5.74, 6) is 0.833. The molecule has 0 amide bonds. The predicted molar refractivity (Wildman–Crippen MR) is 42.1 cm³/mol. The largest absolute Gasteiger partial charge is 0.392 e. The fourth-order valence-electron chi connectivity index (χ4n) is 0.866. The first-order valence-corrected chi connectivity index (χ1v) is 3.70. The summed E-state index contributed by atoms with van der Waals surface area (Å²) in [7, 11) is 0. The van der Waals surface area contributed by atoms with Gasteiger partial charge >= 0.3 is 0 Å². The van der Waals surface area contributed by atoms with Gasteiger partial charge in [0, 0.05) is 23.9 Å². The molecular formula is C8H12N2O. The lowest BCUT2D eigenvalue weighted by Crippen LogP contribution is -1.99. The normalized spacial score (nSPS) is 10.1. The van der Waals surface area contributed by atoms with Crippen LogP contribution in [0.3, 0.4) is 0 Å². The molecule has 1 aromatic rings. The average molecular weight is 152 g/mol. The molecule has 0 bridgehead atoms. The van der Waals surface area contributed by atoms with Gasteiger partial charge in [-0.05, 0) is 6.92 Å². The van der Waals surface area contributed by atoms with Crippen LogP contribution >= 0.6 is 0 Å². The Labute approximate surface area is 66.1 Å². The summed E-state index contributed by atoms with van der Waals surface area (Å²) in [6, 6.07) is 0. The van der Waals surface area contributed by atoms with E-state index in [1.165, 1.54) is 0 Å². The van der Waals surface area contributed by atoms with Crippen LogP contribution in [0, 0.1) is 6.92 Å². The van der Waals surface area contributed by atoms with Gasteiger partial charge < -0.3 is 5.11 Å². The van der Waals surface area contributed by atoms with E-state index in [-0.39, 0.29) is 6.61 Å². The van der Waals surface area contributed by atoms with Crippen molar-refractivity contribution in [2.75, 3.05) is 0 Å². The molecule has 1 N–H and O–H groups in total. The van der Waals surface area contributed by atoms with E-state index in [9.17, 15) is 0 Å². The van der Waals surface area contributed by atoms with Crippen LogP contribution < -0.4 is 0 Å². The van der Waals surface area contributed by atoms with Crippen LogP contribution in [0.15, 0.2) is 6.20 Å². The topological polar surface area (TPSA) is 46.0 Å². The zero-order chi connectivity index (χ0) is 8.27. The van der Waals surface area contributed by atoms with Crippen LogP contribution in [0.4, 0.5) is 0 Å². The predicted octanol–water partition coefficient (Wildman–Crippen LogP) is 0.840. The lowest BCUT2D eigenvalue weighted by atomic mass is 10.2. The number of aliphatic hydroxyl groups is 1. The number of hydrogen-bond acceptors (Lipinski definition) is 3. The molecule has 0 spiro atoms. The summed E-state index contributed by atoms with van der Waals surface area (Å²) in [5, 5.41) is 8.80. The van der Waals surface area contributed by atoms with Crippen LogP contribution in [-0.2, 0) is 13.0 Å². The van der Waals surface area contributed by atoms with Crippen molar-refractivity contribution in [3.8, 4) is 0 Å². The lowest BCUT2D eigenvalue weighted by Gasteiger charge is -2.01.